The summed E-state index contributed by atoms with van der Waals surface area (Å²) in [6.45, 7) is 3.75. The van der Waals surface area contributed by atoms with E-state index in [1.54, 1.807) is 18.2 Å². The van der Waals surface area contributed by atoms with Crippen molar-refractivity contribution in [2.24, 2.45) is 0 Å². The molecular weight excluding hydrogens is 250 g/mol. The molecule has 0 spiro atoms. The number of hydrogen-bond acceptors (Lipinski definition) is 2. The molecule has 2 rings (SSSR count). The fourth-order valence-electron chi connectivity index (χ4n) is 1.84. The first kappa shape index (κ1) is 13.9. The highest BCUT2D eigenvalue weighted by molar-refractivity contribution is 5.71. The van der Waals surface area contributed by atoms with Gasteiger partial charge in [-0.1, -0.05) is 54.6 Å². The third kappa shape index (κ3) is 4.28. The Morgan fingerprint density at radius 1 is 1.10 bits per heavy atom. The van der Waals surface area contributed by atoms with Gasteiger partial charge in [-0.2, -0.15) is 0 Å². The second kappa shape index (κ2) is 7.14. The van der Waals surface area contributed by atoms with Crippen LogP contribution in [0, 0.1) is 0 Å². The summed E-state index contributed by atoms with van der Waals surface area (Å²) >= 11 is 0. The molecule has 0 aliphatic heterocycles. The fourth-order valence-corrected chi connectivity index (χ4v) is 1.84. The second-order valence-electron chi connectivity index (χ2n) is 4.38. The average molecular weight is 267 g/mol. The number of amides is 1. The van der Waals surface area contributed by atoms with Gasteiger partial charge in [0.05, 0.1) is 6.04 Å². The van der Waals surface area contributed by atoms with E-state index < -0.39 is 6.09 Å². The van der Waals surface area contributed by atoms with Crippen LogP contribution in [-0.4, -0.2) is 12.1 Å². The van der Waals surface area contributed by atoms with Crippen molar-refractivity contribution in [2.45, 2.75) is 12.5 Å². The Morgan fingerprint density at radius 2 is 1.70 bits per heavy atom. The zero-order valence-corrected chi connectivity index (χ0v) is 11.2. The number of carbonyl (C=O) groups excluding carboxylic acids is 1. The van der Waals surface area contributed by atoms with Crippen LogP contribution in [0.25, 0.3) is 0 Å². The molecule has 0 radical (unpaired) electrons. The highest BCUT2D eigenvalue weighted by Gasteiger charge is 2.11. The molecule has 3 heteroatoms. The minimum absolute atomic E-state index is 0.159. The Labute approximate surface area is 118 Å². The normalized spacial score (nSPS) is 11.4. The molecule has 0 bridgehead atoms. The van der Waals surface area contributed by atoms with Crippen LogP contribution in [-0.2, 0) is 6.42 Å². The van der Waals surface area contributed by atoms with Crippen molar-refractivity contribution in [2.75, 3.05) is 0 Å². The van der Waals surface area contributed by atoms with Crippen molar-refractivity contribution in [1.82, 2.24) is 5.32 Å². The summed E-state index contributed by atoms with van der Waals surface area (Å²) in [4.78, 5) is 11.8. The van der Waals surface area contributed by atoms with E-state index in [1.807, 2.05) is 48.5 Å². The SMILES string of the molecule is C=CC(Cc1ccccc1)NC(=O)Oc1ccccc1. The topological polar surface area (TPSA) is 38.3 Å². The molecule has 1 unspecified atom stereocenters. The first-order chi connectivity index (χ1) is 9.78. The number of benzene rings is 2. The van der Waals surface area contributed by atoms with E-state index in [1.165, 1.54) is 0 Å². The van der Waals surface area contributed by atoms with E-state index in [-0.39, 0.29) is 6.04 Å². The van der Waals surface area contributed by atoms with Crippen molar-refractivity contribution in [1.29, 1.82) is 0 Å². The zero-order chi connectivity index (χ0) is 14.2. The van der Waals surface area contributed by atoms with Gasteiger partial charge in [-0.15, -0.1) is 6.58 Å². The Hall–Kier alpha value is -2.55. The third-order valence-corrected chi connectivity index (χ3v) is 2.84. The molecule has 2 aromatic carbocycles. The Morgan fingerprint density at radius 3 is 2.30 bits per heavy atom. The summed E-state index contributed by atoms with van der Waals surface area (Å²) in [5.74, 6) is 0.521. The minimum atomic E-state index is -0.475. The summed E-state index contributed by atoms with van der Waals surface area (Å²) in [5.41, 5.74) is 1.14. The van der Waals surface area contributed by atoms with Crippen LogP contribution in [0.5, 0.6) is 5.75 Å². The van der Waals surface area contributed by atoms with E-state index >= 15 is 0 Å². The highest BCUT2D eigenvalue weighted by Crippen LogP contribution is 2.09. The molecule has 0 heterocycles. The number of carbonyl (C=O) groups is 1. The summed E-state index contributed by atoms with van der Waals surface area (Å²) in [5, 5.41) is 2.78. The number of hydrogen-bond donors (Lipinski definition) is 1. The van der Waals surface area contributed by atoms with Crippen molar-refractivity contribution < 1.29 is 9.53 Å². The minimum Gasteiger partial charge on any atom is -0.410 e. The van der Waals surface area contributed by atoms with Crippen molar-refractivity contribution >= 4 is 6.09 Å². The van der Waals surface area contributed by atoms with Gasteiger partial charge in [-0.3, -0.25) is 0 Å². The molecule has 0 saturated heterocycles. The first-order valence-corrected chi connectivity index (χ1v) is 6.48. The number of rotatable bonds is 5. The molecule has 102 valence electrons. The van der Waals surface area contributed by atoms with E-state index in [4.69, 9.17) is 4.74 Å². The number of ether oxygens (including phenoxy) is 1. The lowest BCUT2D eigenvalue weighted by Crippen LogP contribution is -2.36. The summed E-state index contributed by atoms with van der Waals surface area (Å²) in [6.07, 6.45) is 1.92. The Bertz CT molecular complexity index is 552. The molecular formula is C17H17NO2. The summed E-state index contributed by atoms with van der Waals surface area (Å²) in [7, 11) is 0. The highest BCUT2D eigenvalue weighted by atomic mass is 16.6. The van der Waals surface area contributed by atoms with Crippen LogP contribution in [0.4, 0.5) is 4.79 Å². The monoisotopic (exact) mass is 267 g/mol. The maximum atomic E-state index is 11.8. The molecule has 0 fully saturated rings. The van der Waals surface area contributed by atoms with Gasteiger partial charge in [0.1, 0.15) is 5.75 Å². The maximum Gasteiger partial charge on any atom is 0.413 e. The van der Waals surface area contributed by atoms with Gasteiger partial charge in [0.2, 0.25) is 0 Å². The molecule has 20 heavy (non-hydrogen) atoms. The fraction of sp³-hybridized carbons (Fsp3) is 0.118. The van der Waals surface area contributed by atoms with Crippen LogP contribution in [0.2, 0.25) is 0 Å². The quantitative estimate of drug-likeness (QED) is 0.841. The van der Waals surface area contributed by atoms with Gasteiger partial charge in [-0.25, -0.2) is 4.79 Å². The summed E-state index contributed by atoms with van der Waals surface area (Å²) in [6, 6.07) is 18.7. The summed E-state index contributed by atoms with van der Waals surface area (Å²) < 4.78 is 5.19. The maximum absolute atomic E-state index is 11.8. The molecule has 3 nitrogen and oxygen atoms in total. The molecule has 1 atom stereocenters. The smallest absolute Gasteiger partial charge is 0.410 e. The second-order valence-corrected chi connectivity index (χ2v) is 4.38. The molecule has 0 aromatic heterocycles. The predicted molar refractivity (Wildman–Crippen MR) is 79.7 cm³/mol. The number of para-hydroxylation sites is 1. The molecule has 2 aromatic rings. The first-order valence-electron chi connectivity index (χ1n) is 6.48. The largest absolute Gasteiger partial charge is 0.413 e. The van der Waals surface area contributed by atoms with E-state index in [0.717, 1.165) is 5.56 Å². The lowest BCUT2D eigenvalue weighted by atomic mass is 10.1. The van der Waals surface area contributed by atoms with E-state index in [2.05, 4.69) is 11.9 Å². The van der Waals surface area contributed by atoms with Crippen LogP contribution in [0.1, 0.15) is 5.56 Å². The van der Waals surface area contributed by atoms with Crippen molar-refractivity contribution in [3.05, 3.63) is 78.9 Å². The van der Waals surface area contributed by atoms with Gasteiger partial charge < -0.3 is 10.1 Å². The Balaban J connectivity index is 1.90. The van der Waals surface area contributed by atoms with Gasteiger partial charge in [0.15, 0.2) is 0 Å². The van der Waals surface area contributed by atoms with Gasteiger partial charge >= 0.3 is 6.09 Å². The lowest BCUT2D eigenvalue weighted by molar-refractivity contribution is 0.198. The van der Waals surface area contributed by atoms with Crippen molar-refractivity contribution in [3.8, 4) is 5.75 Å². The van der Waals surface area contributed by atoms with Gasteiger partial charge in [0, 0.05) is 0 Å². The predicted octanol–water partition coefficient (Wildman–Crippen LogP) is 3.57. The molecule has 0 aliphatic rings. The molecule has 0 saturated carbocycles. The average Bonchev–Trinajstić information content (AvgIpc) is 2.48. The zero-order valence-electron chi connectivity index (χ0n) is 11.2. The standard InChI is InChI=1S/C17H17NO2/c1-2-15(13-14-9-5-3-6-10-14)18-17(19)20-16-11-7-4-8-12-16/h2-12,15H,1,13H2,(H,18,19). The van der Waals surface area contributed by atoms with Crippen molar-refractivity contribution in [3.63, 3.8) is 0 Å². The van der Waals surface area contributed by atoms with Gasteiger partial charge in [0.25, 0.3) is 0 Å². The van der Waals surface area contributed by atoms with Crippen LogP contribution in [0.15, 0.2) is 73.3 Å². The Kier molecular flexibility index (Phi) is 4.95. The van der Waals surface area contributed by atoms with Crippen LogP contribution < -0.4 is 10.1 Å². The van der Waals surface area contributed by atoms with Crippen LogP contribution >= 0.6 is 0 Å². The number of nitrogens with one attached hydrogen (secondary N) is 1. The van der Waals surface area contributed by atoms with E-state index in [9.17, 15) is 4.79 Å². The third-order valence-electron chi connectivity index (χ3n) is 2.84. The van der Waals surface area contributed by atoms with Crippen LogP contribution in [0.3, 0.4) is 0 Å². The van der Waals surface area contributed by atoms with E-state index in [0.29, 0.717) is 12.2 Å². The molecule has 1 N–H and O–H groups in total. The van der Waals surface area contributed by atoms with Gasteiger partial charge in [-0.05, 0) is 24.1 Å². The molecule has 0 aliphatic carbocycles. The molecule has 1 amide bonds. The lowest BCUT2D eigenvalue weighted by Gasteiger charge is -2.14.